The smallest absolute Gasteiger partial charge is 0.319 e. The van der Waals surface area contributed by atoms with Crippen molar-refractivity contribution in [1.82, 2.24) is 19.9 Å². The molecule has 0 spiro atoms. The number of urea groups is 1. The summed E-state index contributed by atoms with van der Waals surface area (Å²) < 4.78 is 1.88. The molecule has 0 fully saturated rings. The van der Waals surface area contributed by atoms with Gasteiger partial charge in [0.15, 0.2) is 0 Å². The number of imidazole rings is 1. The van der Waals surface area contributed by atoms with Gasteiger partial charge in [-0.2, -0.15) is 0 Å². The Morgan fingerprint density at radius 1 is 1.48 bits per heavy atom. The van der Waals surface area contributed by atoms with Gasteiger partial charge in [-0.3, -0.25) is 15.1 Å². The molecule has 0 radical (unpaired) electrons. The van der Waals surface area contributed by atoms with Crippen molar-refractivity contribution in [2.45, 2.75) is 20.0 Å². The van der Waals surface area contributed by atoms with Crippen LogP contribution in [0.3, 0.4) is 0 Å². The maximum Gasteiger partial charge on any atom is 0.319 e. The van der Waals surface area contributed by atoms with Crippen molar-refractivity contribution in [3.05, 3.63) is 46.8 Å². The molecule has 0 bridgehead atoms. The lowest BCUT2D eigenvalue weighted by Crippen LogP contribution is -2.29. The first kappa shape index (κ1) is 14.4. The summed E-state index contributed by atoms with van der Waals surface area (Å²) in [7, 11) is 0. The van der Waals surface area contributed by atoms with Crippen molar-refractivity contribution in [2.75, 3.05) is 5.32 Å². The lowest BCUT2D eigenvalue weighted by atomic mass is 10.3. The summed E-state index contributed by atoms with van der Waals surface area (Å²) in [5, 5.41) is 15.8. The van der Waals surface area contributed by atoms with Crippen LogP contribution in [0.1, 0.15) is 12.7 Å². The third-order valence-corrected chi connectivity index (χ3v) is 2.79. The minimum atomic E-state index is -0.605. The highest BCUT2D eigenvalue weighted by Crippen LogP contribution is 2.21. The van der Waals surface area contributed by atoms with E-state index >= 15 is 0 Å². The number of nitro groups is 1. The highest BCUT2D eigenvalue weighted by atomic mass is 16.6. The quantitative estimate of drug-likeness (QED) is 0.640. The van der Waals surface area contributed by atoms with Crippen LogP contribution in [0.2, 0.25) is 0 Å². The SMILES string of the molecule is CCn1ccnc1CNC(=O)Nc1ccncc1[N+](=O)[O-]. The van der Waals surface area contributed by atoms with Gasteiger partial charge < -0.3 is 15.2 Å². The number of nitrogens with zero attached hydrogens (tertiary/aromatic N) is 4. The Morgan fingerprint density at radius 2 is 2.29 bits per heavy atom. The lowest BCUT2D eigenvalue weighted by molar-refractivity contribution is -0.384. The van der Waals surface area contributed by atoms with E-state index in [1.165, 1.54) is 12.3 Å². The number of nitrogens with one attached hydrogen (secondary N) is 2. The van der Waals surface area contributed by atoms with Crippen molar-refractivity contribution in [3.63, 3.8) is 0 Å². The highest BCUT2D eigenvalue weighted by molar-refractivity contribution is 5.91. The molecule has 0 aliphatic carbocycles. The second kappa shape index (κ2) is 6.46. The van der Waals surface area contributed by atoms with Gasteiger partial charge in [0, 0.05) is 25.1 Å². The molecule has 0 aliphatic heterocycles. The fraction of sp³-hybridized carbons (Fsp3) is 0.250. The van der Waals surface area contributed by atoms with Crippen molar-refractivity contribution < 1.29 is 9.72 Å². The van der Waals surface area contributed by atoms with Gasteiger partial charge in [-0.15, -0.1) is 0 Å². The van der Waals surface area contributed by atoms with Crippen LogP contribution in [-0.4, -0.2) is 25.5 Å². The fourth-order valence-electron chi connectivity index (χ4n) is 1.76. The second-order valence-corrected chi connectivity index (χ2v) is 4.09. The third kappa shape index (κ3) is 3.53. The first-order valence-electron chi connectivity index (χ1n) is 6.25. The molecule has 9 heteroatoms. The van der Waals surface area contributed by atoms with E-state index in [2.05, 4.69) is 20.6 Å². The summed E-state index contributed by atoms with van der Waals surface area (Å²) in [4.78, 5) is 29.8. The average molecular weight is 290 g/mol. The van der Waals surface area contributed by atoms with E-state index in [-0.39, 0.29) is 17.9 Å². The van der Waals surface area contributed by atoms with Gasteiger partial charge >= 0.3 is 11.7 Å². The lowest BCUT2D eigenvalue weighted by Gasteiger charge is -2.08. The monoisotopic (exact) mass is 290 g/mol. The van der Waals surface area contributed by atoms with Gasteiger partial charge in [0.05, 0.1) is 11.5 Å². The minimum Gasteiger partial charge on any atom is -0.334 e. The van der Waals surface area contributed by atoms with Crippen LogP contribution in [0.5, 0.6) is 0 Å². The van der Waals surface area contributed by atoms with Gasteiger partial charge in [0.1, 0.15) is 17.7 Å². The molecule has 0 atom stereocenters. The van der Waals surface area contributed by atoms with Crippen LogP contribution in [0, 0.1) is 10.1 Å². The molecule has 2 aromatic heterocycles. The normalized spacial score (nSPS) is 10.1. The number of anilines is 1. The minimum absolute atomic E-state index is 0.0892. The standard InChI is InChI=1S/C12H14N6O3/c1-2-17-6-5-14-11(17)8-15-12(19)16-9-3-4-13-7-10(9)18(20)21/h3-7H,2,8H2,1H3,(H2,13,15,16,19). The van der Waals surface area contributed by atoms with Crippen molar-refractivity contribution in [1.29, 1.82) is 0 Å². The third-order valence-electron chi connectivity index (χ3n) is 2.79. The maximum atomic E-state index is 11.8. The van der Waals surface area contributed by atoms with Gasteiger partial charge in [0.2, 0.25) is 0 Å². The zero-order valence-electron chi connectivity index (χ0n) is 11.3. The number of carbonyl (C=O) groups excluding carboxylic acids is 1. The van der Waals surface area contributed by atoms with E-state index in [9.17, 15) is 14.9 Å². The van der Waals surface area contributed by atoms with E-state index in [0.717, 1.165) is 12.7 Å². The Bertz CT molecular complexity index is 654. The van der Waals surface area contributed by atoms with Crippen LogP contribution in [0.25, 0.3) is 0 Å². The molecule has 0 aromatic carbocycles. The zero-order chi connectivity index (χ0) is 15.2. The summed E-state index contributed by atoms with van der Waals surface area (Å²) in [6, 6.07) is 0.819. The first-order valence-corrected chi connectivity index (χ1v) is 6.25. The number of amides is 2. The fourth-order valence-corrected chi connectivity index (χ4v) is 1.76. The van der Waals surface area contributed by atoms with Gasteiger partial charge in [-0.25, -0.2) is 9.78 Å². The Labute approximate surface area is 120 Å². The average Bonchev–Trinajstić information content (AvgIpc) is 2.93. The Balaban J connectivity index is 1.98. The van der Waals surface area contributed by atoms with Crippen molar-refractivity contribution in [2.24, 2.45) is 0 Å². The highest BCUT2D eigenvalue weighted by Gasteiger charge is 2.15. The molecule has 110 valence electrons. The number of aryl methyl sites for hydroxylation is 1. The maximum absolute atomic E-state index is 11.8. The molecule has 2 heterocycles. The molecule has 2 amide bonds. The number of hydrogen-bond acceptors (Lipinski definition) is 5. The molecule has 21 heavy (non-hydrogen) atoms. The first-order chi connectivity index (χ1) is 10.1. The van der Waals surface area contributed by atoms with Crippen LogP contribution in [0.4, 0.5) is 16.2 Å². The predicted octanol–water partition coefficient (Wildman–Crippen LogP) is 1.53. The van der Waals surface area contributed by atoms with E-state index in [1.54, 1.807) is 6.20 Å². The van der Waals surface area contributed by atoms with Gasteiger partial charge in [0.25, 0.3) is 0 Å². The Morgan fingerprint density at radius 3 is 3.00 bits per heavy atom. The molecule has 0 saturated heterocycles. The molecule has 2 rings (SSSR count). The van der Waals surface area contributed by atoms with Crippen LogP contribution in [-0.2, 0) is 13.1 Å². The summed E-state index contributed by atoms with van der Waals surface area (Å²) in [6.45, 7) is 2.94. The Hall–Kier alpha value is -2.97. The molecule has 0 unspecified atom stereocenters. The largest absolute Gasteiger partial charge is 0.334 e. The van der Waals surface area contributed by atoms with E-state index in [1.807, 2.05) is 17.7 Å². The number of rotatable bonds is 5. The van der Waals surface area contributed by atoms with E-state index < -0.39 is 11.0 Å². The molecular formula is C12H14N6O3. The molecule has 9 nitrogen and oxygen atoms in total. The summed E-state index contributed by atoms with van der Waals surface area (Å²) in [5.74, 6) is 0.705. The van der Waals surface area contributed by atoms with Gasteiger partial charge in [-0.05, 0) is 13.0 Å². The van der Waals surface area contributed by atoms with E-state index in [0.29, 0.717) is 5.82 Å². The summed E-state index contributed by atoms with van der Waals surface area (Å²) in [6.07, 6.45) is 5.90. The number of hydrogen-bond donors (Lipinski definition) is 2. The van der Waals surface area contributed by atoms with Crippen molar-refractivity contribution >= 4 is 17.4 Å². The van der Waals surface area contributed by atoms with Crippen LogP contribution in [0.15, 0.2) is 30.9 Å². The molecule has 0 aliphatic rings. The Kier molecular flexibility index (Phi) is 4.44. The molecule has 2 N–H and O–H groups in total. The van der Waals surface area contributed by atoms with Gasteiger partial charge in [-0.1, -0.05) is 0 Å². The molecule has 0 saturated carbocycles. The van der Waals surface area contributed by atoms with E-state index in [4.69, 9.17) is 0 Å². The van der Waals surface area contributed by atoms with Crippen LogP contribution >= 0.6 is 0 Å². The van der Waals surface area contributed by atoms with Crippen molar-refractivity contribution in [3.8, 4) is 0 Å². The van der Waals surface area contributed by atoms with Crippen LogP contribution < -0.4 is 10.6 Å². The number of carbonyl (C=O) groups is 1. The summed E-state index contributed by atoms with van der Waals surface area (Å²) >= 11 is 0. The summed E-state index contributed by atoms with van der Waals surface area (Å²) in [5.41, 5.74) is -0.172. The number of aromatic nitrogens is 3. The second-order valence-electron chi connectivity index (χ2n) is 4.09. The molecule has 2 aromatic rings. The topological polar surface area (TPSA) is 115 Å². The number of pyridine rings is 1. The zero-order valence-corrected chi connectivity index (χ0v) is 11.3. The molecular weight excluding hydrogens is 276 g/mol. The predicted molar refractivity (Wildman–Crippen MR) is 74.7 cm³/mol.